The first kappa shape index (κ1) is 13.6. The van der Waals surface area contributed by atoms with E-state index in [0.29, 0.717) is 5.56 Å². The Morgan fingerprint density at radius 1 is 1.10 bits per heavy atom. The average molecular weight is 306 g/mol. The molecule has 2 aromatic carbocycles. The zero-order valence-electron chi connectivity index (χ0n) is 10.9. The number of fused-ring (bicyclic) bond motifs is 1. The van der Waals surface area contributed by atoms with Crippen LogP contribution in [0.25, 0.3) is 10.1 Å². The van der Waals surface area contributed by atoms with Crippen LogP contribution >= 0.6 is 22.9 Å². The number of thiophene rings is 1. The molecule has 0 fully saturated rings. The van der Waals surface area contributed by atoms with Crippen LogP contribution in [0.3, 0.4) is 0 Å². The van der Waals surface area contributed by atoms with Crippen molar-refractivity contribution < 1.29 is 4.39 Å². The van der Waals surface area contributed by atoms with E-state index in [1.807, 2.05) is 19.2 Å². The summed E-state index contributed by atoms with van der Waals surface area (Å²) in [6.07, 6.45) is 0. The highest BCUT2D eigenvalue weighted by Gasteiger charge is 2.20. The molecule has 1 heterocycles. The fourth-order valence-electron chi connectivity index (χ4n) is 2.44. The maximum absolute atomic E-state index is 14.3. The summed E-state index contributed by atoms with van der Waals surface area (Å²) in [5.41, 5.74) is 1.65. The molecule has 1 unspecified atom stereocenters. The Balaban J connectivity index is 2.17. The largest absolute Gasteiger partial charge is 0.309 e. The zero-order valence-corrected chi connectivity index (χ0v) is 12.4. The lowest BCUT2D eigenvalue weighted by Gasteiger charge is -2.17. The molecule has 0 aliphatic rings. The van der Waals surface area contributed by atoms with Crippen LogP contribution in [0, 0.1) is 5.82 Å². The molecule has 1 nitrogen and oxygen atoms in total. The highest BCUT2D eigenvalue weighted by atomic mass is 35.5. The fourth-order valence-corrected chi connectivity index (χ4v) is 3.61. The van der Waals surface area contributed by atoms with E-state index in [2.05, 4.69) is 22.8 Å². The minimum absolute atomic E-state index is 0.155. The van der Waals surface area contributed by atoms with Crippen molar-refractivity contribution in [2.45, 2.75) is 6.04 Å². The lowest BCUT2D eigenvalue weighted by molar-refractivity contribution is 0.578. The van der Waals surface area contributed by atoms with Crippen molar-refractivity contribution >= 4 is 33.0 Å². The van der Waals surface area contributed by atoms with Crippen LogP contribution in [0.4, 0.5) is 4.39 Å². The van der Waals surface area contributed by atoms with E-state index >= 15 is 0 Å². The van der Waals surface area contributed by atoms with Gasteiger partial charge in [-0.05, 0) is 35.5 Å². The molecule has 4 heteroatoms. The first-order chi connectivity index (χ1) is 9.72. The highest BCUT2D eigenvalue weighted by molar-refractivity contribution is 7.17. The van der Waals surface area contributed by atoms with Crippen molar-refractivity contribution in [3.05, 3.63) is 69.8 Å². The molecule has 3 aromatic rings. The Morgan fingerprint density at radius 2 is 1.90 bits per heavy atom. The van der Waals surface area contributed by atoms with Crippen LogP contribution in [-0.2, 0) is 0 Å². The molecule has 0 spiro atoms. The molecule has 0 radical (unpaired) electrons. The third kappa shape index (κ3) is 2.22. The molecule has 0 amide bonds. The summed E-state index contributed by atoms with van der Waals surface area (Å²) in [5, 5.41) is 6.57. The smallest absolute Gasteiger partial charge is 0.146 e. The lowest BCUT2D eigenvalue weighted by atomic mass is 9.98. The number of nitrogens with one attached hydrogen (secondary N) is 1. The van der Waals surface area contributed by atoms with Gasteiger partial charge in [0.05, 0.1) is 11.1 Å². The van der Waals surface area contributed by atoms with Gasteiger partial charge in [-0.3, -0.25) is 0 Å². The zero-order chi connectivity index (χ0) is 14.1. The van der Waals surface area contributed by atoms with E-state index < -0.39 is 0 Å². The van der Waals surface area contributed by atoms with E-state index in [1.165, 1.54) is 4.70 Å². The maximum Gasteiger partial charge on any atom is 0.146 e. The minimum atomic E-state index is -0.358. The van der Waals surface area contributed by atoms with E-state index in [-0.39, 0.29) is 16.9 Å². The second-order valence-corrected chi connectivity index (χ2v) is 5.87. The van der Waals surface area contributed by atoms with Crippen molar-refractivity contribution in [2.24, 2.45) is 0 Å². The van der Waals surface area contributed by atoms with E-state index in [1.54, 1.807) is 29.5 Å². The second kappa shape index (κ2) is 5.52. The molecule has 1 aromatic heterocycles. The molecule has 3 rings (SSSR count). The van der Waals surface area contributed by atoms with E-state index in [0.717, 1.165) is 10.9 Å². The first-order valence-electron chi connectivity index (χ1n) is 6.29. The van der Waals surface area contributed by atoms with Gasteiger partial charge in [0.1, 0.15) is 5.82 Å². The van der Waals surface area contributed by atoms with Gasteiger partial charge in [0.25, 0.3) is 0 Å². The summed E-state index contributed by atoms with van der Waals surface area (Å²) in [5.74, 6) is -0.358. The van der Waals surface area contributed by atoms with E-state index in [9.17, 15) is 4.39 Å². The molecule has 0 bridgehead atoms. The monoisotopic (exact) mass is 305 g/mol. The quantitative estimate of drug-likeness (QED) is 0.718. The normalized spacial score (nSPS) is 12.8. The van der Waals surface area contributed by atoms with Crippen LogP contribution in [0.2, 0.25) is 5.02 Å². The fraction of sp³-hybridized carbons (Fsp3) is 0.125. The van der Waals surface area contributed by atoms with Crippen molar-refractivity contribution in [1.82, 2.24) is 5.32 Å². The van der Waals surface area contributed by atoms with Gasteiger partial charge in [0.2, 0.25) is 0 Å². The number of hydrogen-bond donors (Lipinski definition) is 1. The number of hydrogen-bond acceptors (Lipinski definition) is 2. The van der Waals surface area contributed by atoms with Gasteiger partial charge in [0.15, 0.2) is 0 Å². The molecule has 0 aliphatic heterocycles. The molecular formula is C16H13ClFNS. The summed E-state index contributed by atoms with van der Waals surface area (Å²) in [4.78, 5) is 0. The molecule has 0 saturated heterocycles. The van der Waals surface area contributed by atoms with Crippen LogP contribution in [0.5, 0.6) is 0 Å². The van der Waals surface area contributed by atoms with Crippen LogP contribution in [-0.4, -0.2) is 7.05 Å². The Kier molecular flexibility index (Phi) is 3.74. The van der Waals surface area contributed by atoms with Crippen LogP contribution in [0.15, 0.2) is 47.8 Å². The molecule has 20 heavy (non-hydrogen) atoms. The van der Waals surface area contributed by atoms with Crippen LogP contribution < -0.4 is 5.32 Å². The van der Waals surface area contributed by atoms with Crippen molar-refractivity contribution in [3.63, 3.8) is 0 Å². The summed E-state index contributed by atoms with van der Waals surface area (Å²) in [6.45, 7) is 0. The molecule has 102 valence electrons. The van der Waals surface area contributed by atoms with Crippen molar-refractivity contribution in [3.8, 4) is 0 Å². The maximum atomic E-state index is 14.3. The van der Waals surface area contributed by atoms with Crippen LogP contribution in [0.1, 0.15) is 17.2 Å². The summed E-state index contributed by atoms with van der Waals surface area (Å²) >= 11 is 7.56. The second-order valence-electron chi connectivity index (χ2n) is 4.55. The Morgan fingerprint density at radius 3 is 2.70 bits per heavy atom. The van der Waals surface area contributed by atoms with Crippen molar-refractivity contribution in [2.75, 3.05) is 7.05 Å². The predicted octanol–water partition coefficient (Wildman–Crippen LogP) is 5.00. The standard InChI is InChI=1S/C16H13ClFNS/c1-19-16(11-6-4-7-13(17)15(11)18)12-9-20-14-8-3-2-5-10(12)14/h2-9,16,19H,1H3. The molecule has 1 atom stereocenters. The predicted molar refractivity (Wildman–Crippen MR) is 84.1 cm³/mol. The average Bonchev–Trinajstić information content (AvgIpc) is 2.88. The third-order valence-corrected chi connectivity index (χ3v) is 4.68. The topological polar surface area (TPSA) is 12.0 Å². The van der Waals surface area contributed by atoms with Gasteiger partial charge in [-0.2, -0.15) is 0 Å². The molecular weight excluding hydrogens is 293 g/mol. The number of rotatable bonds is 3. The Hall–Kier alpha value is -1.42. The minimum Gasteiger partial charge on any atom is -0.309 e. The van der Waals surface area contributed by atoms with Gasteiger partial charge in [0, 0.05) is 10.3 Å². The van der Waals surface area contributed by atoms with Gasteiger partial charge in [-0.15, -0.1) is 11.3 Å². The Bertz CT molecular complexity index is 753. The van der Waals surface area contributed by atoms with E-state index in [4.69, 9.17) is 11.6 Å². The molecule has 1 N–H and O–H groups in total. The Labute approximate surface area is 126 Å². The summed E-state index contributed by atoms with van der Waals surface area (Å²) < 4.78 is 15.5. The summed E-state index contributed by atoms with van der Waals surface area (Å²) in [6, 6.07) is 13.1. The van der Waals surface area contributed by atoms with Gasteiger partial charge < -0.3 is 5.32 Å². The lowest BCUT2D eigenvalue weighted by Crippen LogP contribution is -2.18. The van der Waals surface area contributed by atoms with Gasteiger partial charge in [-0.25, -0.2) is 4.39 Å². The van der Waals surface area contributed by atoms with Gasteiger partial charge in [-0.1, -0.05) is 41.9 Å². The molecule has 0 saturated carbocycles. The number of benzene rings is 2. The van der Waals surface area contributed by atoms with Gasteiger partial charge >= 0.3 is 0 Å². The SMILES string of the molecule is CNC(c1cccc(Cl)c1F)c1csc2ccccc12. The van der Waals surface area contributed by atoms with Crippen molar-refractivity contribution in [1.29, 1.82) is 0 Å². The molecule has 0 aliphatic carbocycles. The summed E-state index contributed by atoms with van der Waals surface area (Å²) in [7, 11) is 1.83. The number of halogens is 2. The highest BCUT2D eigenvalue weighted by Crippen LogP contribution is 2.35. The third-order valence-electron chi connectivity index (χ3n) is 3.40. The first-order valence-corrected chi connectivity index (χ1v) is 7.55.